The van der Waals surface area contributed by atoms with Crippen LogP contribution in [0.5, 0.6) is 5.75 Å². The second kappa shape index (κ2) is 10.4. The number of carbonyl (C=O) groups is 2. The Labute approximate surface area is 229 Å². The van der Waals surface area contributed by atoms with Gasteiger partial charge in [-0.15, -0.1) is 0 Å². The molecule has 5 aromatic rings. The average molecular weight is 570 g/mol. The van der Waals surface area contributed by atoms with Crippen molar-refractivity contribution in [3.63, 3.8) is 0 Å². The van der Waals surface area contributed by atoms with Gasteiger partial charge in [0.2, 0.25) is 0 Å². The highest BCUT2D eigenvalue weighted by molar-refractivity contribution is 6.32. The summed E-state index contributed by atoms with van der Waals surface area (Å²) in [5.41, 5.74) is 0.993. The van der Waals surface area contributed by atoms with Crippen LogP contribution in [0.3, 0.4) is 0 Å². The minimum Gasteiger partial charge on any atom is -0.487 e. The monoisotopic (exact) mass is 569 g/mol. The number of carboxylic acid groups (broad SMARTS) is 1. The lowest BCUT2D eigenvalue weighted by atomic mass is 10.2. The van der Waals surface area contributed by atoms with Gasteiger partial charge < -0.3 is 15.2 Å². The molecule has 0 aliphatic carbocycles. The van der Waals surface area contributed by atoms with Crippen LogP contribution in [0.25, 0.3) is 11.2 Å². The topological polar surface area (TPSA) is 111 Å². The second-order valence-corrected chi connectivity index (χ2v) is 9.09. The molecule has 0 fully saturated rings. The minimum atomic E-state index is -4.85. The number of benzene rings is 2. The van der Waals surface area contributed by atoms with Gasteiger partial charge in [-0.2, -0.15) is 23.4 Å². The number of aryl methyl sites for hydroxylation is 1. The molecule has 0 aliphatic heterocycles. The molecule has 0 spiro atoms. The lowest BCUT2D eigenvalue weighted by molar-refractivity contribution is -0.141. The van der Waals surface area contributed by atoms with Crippen molar-refractivity contribution in [1.82, 2.24) is 19.4 Å². The van der Waals surface area contributed by atoms with Crippen LogP contribution in [0, 0.1) is 6.92 Å². The van der Waals surface area contributed by atoms with Crippen LogP contribution in [0.1, 0.15) is 37.8 Å². The molecular weight excluding hydrogens is 551 g/mol. The summed E-state index contributed by atoms with van der Waals surface area (Å²) in [7, 11) is 0. The summed E-state index contributed by atoms with van der Waals surface area (Å²) in [5.74, 6) is -1.42. The molecule has 0 saturated heterocycles. The number of hydrogen-bond donors (Lipinski definition) is 2. The molecule has 40 heavy (non-hydrogen) atoms. The van der Waals surface area contributed by atoms with Crippen LogP contribution in [-0.2, 0) is 12.8 Å². The van der Waals surface area contributed by atoms with Gasteiger partial charge in [0.25, 0.3) is 5.91 Å². The number of hydrogen-bond acceptors (Lipinski definition) is 5. The molecule has 2 N–H and O–H groups in total. The molecule has 13 heteroatoms. The van der Waals surface area contributed by atoms with E-state index in [1.807, 2.05) is 13.0 Å². The molecule has 0 atom stereocenters. The number of nitrogens with zero attached hydrogens (tertiary/aromatic N) is 4. The summed E-state index contributed by atoms with van der Waals surface area (Å²) in [6, 6.07) is 16.5. The standard InChI is InChI=1S/C27H19ClF3N5O4/c1-15-11-20-13-18(9-10-35(20)33-15)32-25(37)17-3-2-4-19(12-17)36-22(23(28)24(34-36)27(29,30)31)14-40-21-7-5-16(6-8-21)26(38)39/h2-13H,14H2,1H3,(H,32,37)(H,38,39). The molecule has 1 amide bonds. The highest BCUT2D eigenvalue weighted by Gasteiger charge is 2.39. The number of halogens is 4. The molecule has 2 aromatic carbocycles. The van der Waals surface area contributed by atoms with E-state index in [0.29, 0.717) is 5.69 Å². The van der Waals surface area contributed by atoms with Crippen molar-refractivity contribution in [2.45, 2.75) is 19.7 Å². The van der Waals surface area contributed by atoms with Crippen LogP contribution in [0.4, 0.5) is 18.9 Å². The van der Waals surface area contributed by atoms with Crippen molar-refractivity contribution >= 4 is 34.7 Å². The number of carbonyl (C=O) groups excluding carboxylic acids is 1. The number of pyridine rings is 1. The van der Waals surface area contributed by atoms with Gasteiger partial charge in [0.1, 0.15) is 18.1 Å². The number of aromatic nitrogens is 4. The van der Waals surface area contributed by atoms with E-state index >= 15 is 0 Å². The number of carboxylic acids is 1. The summed E-state index contributed by atoms with van der Waals surface area (Å²) in [6.45, 7) is 1.42. The van der Waals surface area contributed by atoms with E-state index < -0.39 is 35.4 Å². The van der Waals surface area contributed by atoms with Gasteiger partial charge in [0.15, 0.2) is 5.69 Å². The maximum atomic E-state index is 13.7. The van der Waals surface area contributed by atoms with E-state index in [2.05, 4.69) is 15.5 Å². The Kier molecular flexibility index (Phi) is 6.94. The lowest BCUT2D eigenvalue weighted by Crippen LogP contribution is -2.13. The summed E-state index contributed by atoms with van der Waals surface area (Å²) < 4.78 is 49.3. The maximum absolute atomic E-state index is 13.7. The van der Waals surface area contributed by atoms with E-state index in [1.165, 1.54) is 48.5 Å². The average Bonchev–Trinajstić information content (AvgIpc) is 3.45. The maximum Gasteiger partial charge on any atom is 0.436 e. The Morgan fingerprint density at radius 2 is 1.77 bits per heavy atom. The third kappa shape index (κ3) is 5.47. The zero-order chi connectivity index (χ0) is 28.6. The molecule has 0 saturated carbocycles. The van der Waals surface area contributed by atoms with Crippen LogP contribution in [0.2, 0.25) is 5.02 Å². The number of aromatic carboxylic acids is 1. The number of nitrogens with one attached hydrogen (secondary N) is 1. The molecule has 0 aliphatic rings. The first-order valence-electron chi connectivity index (χ1n) is 11.7. The van der Waals surface area contributed by atoms with Crippen molar-refractivity contribution < 1.29 is 32.6 Å². The number of amides is 1. The van der Waals surface area contributed by atoms with Crippen molar-refractivity contribution in [1.29, 1.82) is 0 Å². The third-order valence-corrected chi connectivity index (χ3v) is 6.26. The van der Waals surface area contributed by atoms with Gasteiger partial charge in [-0.1, -0.05) is 17.7 Å². The Bertz CT molecular complexity index is 1750. The van der Waals surface area contributed by atoms with Gasteiger partial charge >= 0.3 is 12.1 Å². The van der Waals surface area contributed by atoms with Crippen molar-refractivity contribution in [3.8, 4) is 11.4 Å². The molecule has 3 heterocycles. The molecule has 0 bridgehead atoms. The predicted octanol–water partition coefficient (Wildman–Crippen LogP) is 6.03. The van der Waals surface area contributed by atoms with E-state index in [9.17, 15) is 22.8 Å². The fourth-order valence-corrected chi connectivity index (χ4v) is 4.26. The van der Waals surface area contributed by atoms with Gasteiger partial charge in [-0.05, 0) is 67.6 Å². The number of alkyl halides is 3. The zero-order valence-electron chi connectivity index (χ0n) is 20.6. The van der Waals surface area contributed by atoms with E-state index in [0.717, 1.165) is 15.9 Å². The second-order valence-electron chi connectivity index (χ2n) is 8.71. The van der Waals surface area contributed by atoms with Gasteiger partial charge in [0.05, 0.1) is 27.5 Å². The van der Waals surface area contributed by atoms with Gasteiger partial charge in [0, 0.05) is 17.4 Å². The van der Waals surface area contributed by atoms with Crippen LogP contribution in [0.15, 0.2) is 72.9 Å². The first-order valence-corrected chi connectivity index (χ1v) is 12.1. The highest BCUT2D eigenvalue weighted by atomic mass is 35.5. The number of fused-ring (bicyclic) bond motifs is 1. The Morgan fingerprint density at radius 3 is 2.48 bits per heavy atom. The number of anilines is 1. The summed E-state index contributed by atoms with van der Waals surface area (Å²) in [6.07, 6.45) is -3.15. The summed E-state index contributed by atoms with van der Waals surface area (Å²) >= 11 is 6.11. The van der Waals surface area contributed by atoms with Crippen molar-refractivity contribution in [2.24, 2.45) is 0 Å². The van der Waals surface area contributed by atoms with E-state index in [1.54, 1.807) is 22.8 Å². The van der Waals surface area contributed by atoms with E-state index in [4.69, 9.17) is 21.4 Å². The number of rotatable bonds is 7. The molecule has 0 unspecified atom stereocenters. The SMILES string of the molecule is Cc1cc2cc(NC(=O)c3cccc(-n4nc(C(F)(F)F)c(Cl)c4COc4ccc(C(=O)O)cc4)c3)ccn2n1. The molecule has 3 aromatic heterocycles. The first kappa shape index (κ1) is 26.8. The Morgan fingerprint density at radius 1 is 1.02 bits per heavy atom. The van der Waals surface area contributed by atoms with Gasteiger partial charge in [-0.3, -0.25) is 4.79 Å². The molecule has 5 rings (SSSR count). The predicted molar refractivity (Wildman–Crippen MR) is 139 cm³/mol. The first-order chi connectivity index (χ1) is 19.0. The molecular formula is C27H19ClF3N5O4. The summed E-state index contributed by atoms with van der Waals surface area (Å²) in [5, 5.41) is 19.1. The fraction of sp³-hybridized carbons (Fsp3) is 0.111. The van der Waals surface area contributed by atoms with Crippen LogP contribution < -0.4 is 10.1 Å². The van der Waals surface area contributed by atoms with E-state index in [-0.39, 0.29) is 28.3 Å². The number of ether oxygens (including phenoxy) is 1. The molecule has 204 valence electrons. The molecule has 9 nitrogen and oxygen atoms in total. The Balaban J connectivity index is 1.44. The zero-order valence-corrected chi connectivity index (χ0v) is 21.4. The van der Waals surface area contributed by atoms with Crippen LogP contribution >= 0.6 is 11.6 Å². The normalized spacial score (nSPS) is 11.5. The van der Waals surface area contributed by atoms with Gasteiger partial charge in [-0.25, -0.2) is 14.0 Å². The minimum absolute atomic E-state index is 0.0186. The summed E-state index contributed by atoms with van der Waals surface area (Å²) in [4.78, 5) is 24.1. The highest BCUT2D eigenvalue weighted by Crippen LogP contribution is 2.37. The van der Waals surface area contributed by atoms with Crippen molar-refractivity contribution in [3.05, 3.63) is 106 Å². The largest absolute Gasteiger partial charge is 0.487 e. The quantitative estimate of drug-likeness (QED) is 0.248. The third-order valence-electron chi connectivity index (χ3n) is 5.86. The smallest absolute Gasteiger partial charge is 0.436 e. The van der Waals surface area contributed by atoms with Crippen molar-refractivity contribution in [2.75, 3.05) is 5.32 Å². The Hall–Kier alpha value is -4.84. The fourth-order valence-electron chi connectivity index (χ4n) is 3.98. The lowest BCUT2D eigenvalue weighted by Gasteiger charge is -2.11. The molecule has 0 radical (unpaired) electrons. The van der Waals surface area contributed by atoms with Crippen LogP contribution in [-0.4, -0.2) is 36.4 Å².